The molecule has 1 aromatic rings. The van der Waals surface area contributed by atoms with Gasteiger partial charge < -0.3 is 10.3 Å². The van der Waals surface area contributed by atoms with Gasteiger partial charge >= 0.3 is 0 Å². The third-order valence-electron chi connectivity index (χ3n) is 3.71. The van der Waals surface area contributed by atoms with Crippen molar-refractivity contribution >= 4 is 21.8 Å². The van der Waals surface area contributed by atoms with Crippen molar-refractivity contribution in [3.63, 3.8) is 0 Å². The Balaban J connectivity index is 1.92. The Bertz CT molecular complexity index is 548. The highest BCUT2D eigenvalue weighted by atomic mass is 32.2. The fourth-order valence-electron chi connectivity index (χ4n) is 2.38. The largest absolute Gasteiger partial charge is 0.363 e. The molecule has 0 saturated carbocycles. The summed E-state index contributed by atoms with van der Waals surface area (Å²) in [5, 5.41) is 3.25. The van der Waals surface area contributed by atoms with E-state index in [1.54, 1.807) is 12.3 Å². The van der Waals surface area contributed by atoms with Crippen LogP contribution in [0.4, 0.5) is 0 Å². The summed E-state index contributed by atoms with van der Waals surface area (Å²) >= 11 is 1.85. The summed E-state index contributed by atoms with van der Waals surface area (Å²) in [5.74, 6) is 1.12. The van der Waals surface area contributed by atoms with Crippen molar-refractivity contribution in [1.82, 2.24) is 15.0 Å². The van der Waals surface area contributed by atoms with Crippen LogP contribution in [0.1, 0.15) is 38.8 Å². The lowest BCUT2D eigenvalue weighted by molar-refractivity contribution is 0.552. The van der Waals surface area contributed by atoms with E-state index in [0.717, 1.165) is 30.8 Å². The highest BCUT2D eigenvalue weighted by molar-refractivity contribution is 8.01. The molecule has 2 rings (SSSR count). The Morgan fingerprint density at radius 1 is 1.48 bits per heavy atom. The van der Waals surface area contributed by atoms with Crippen LogP contribution in [0, 0.1) is 0 Å². The van der Waals surface area contributed by atoms with Crippen molar-refractivity contribution in [2.45, 2.75) is 49.3 Å². The molecule has 0 aliphatic carbocycles. The second-order valence-corrected chi connectivity index (χ2v) is 9.21. The predicted octanol–water partition coefficient (Wildman–Crippen LogP) is 2.08. The van der Waals surface area contributed by atoms with Crippen LogP contribution >= 0.6 is 11.8 Å². The average molecular weight is 332 g/mol. The van der Waals surface area contributed by atoms with Gasteiger partial charge in [0.25, 0.3) is 0 Å². The molecule has 0 aromatic carbocycles. The number of sulfonamides is 1. The first-order chi connectivity index (χ1) is 9.95. The number of hydrogen-bond donors (Lipinski definition) is 3. The molecule has 0 radical (unpaired) electrons. The van der Waals surface area contributed by atoms with Crippen molar-refractivity contribution < 1.29 is 8.42 Å². The van der Waals surface area contributed by atoms with Gasteiger partial charge in [-0.1, -0.05) is 6.92 Å². The maximum atomic E-state index is 12.3. The van der Waals surface area contributed by atoms with Crippen LogP contribution in [0.5, 0.6) is 0 Å². The quantitative estimate of drug-likeness (QED) is 0.638. The van der Waals surface area contributed by atoms with Gasteiger partial charge in [0, 0.05) is 29.7 Å². The van der Waals surface area contributed by atoms with E-state index in [2.05, 4.69) is 28.9 Å². The van der Waals surface area contributed by atoms with Crippen molar-refractivity contribution in [3.8, 4) is 0 Å². The maximum absolute atomic E-state index is 12.3. The zero-order chi connectivity index (χ0) is 15.3. The first-order valence-electron chi connectivity index (χ1n) is 7.47. The third-order valence-corrected chi connectivity index (χ3v) is 6.62. The van der Waals surface area contributed by atoms with Crippen LogP contribution < -0.4 is 10.0 Å². The maximum Gasteiger partial charge on any atom is 0.242 e. The van der Waals surface area contributed by atoms with E-state index in [4.69, 9.17) is 0 Å². The highest BCUT2D eigenvalue weighted by Gasteiger charge is 2.31. The molecule has 1 atom stereocenters. The molecule has 7 heteroatoms. The van der Waals surface area contributed by atoms with Crippen LogP contribution in [0.3, 0.4) is 0 Å². The Morgan fingerprint density at radius 3 is 2.95 bits per heavy atom. The molecule has 1 saturated heterocycles. The van der Waals surface area contributed by atoms with Gasteiger partial charge in [-0.15, -0.1) is 0 Å². The fourth-order valence-corrected chi connectivity index (χ4v) is 4.91. The normalized spacial score (nSPS) is 22.8. The minimum Gasteiger partial charge on any atom is -0.363 e. The van der Waals surface area contributed by atoms with Gasteiger partial charge in [-0.25, -0.2) is 13.1 Å². The average Bonchev–Trinajstić information content (AvgIpc) is 3.07. The van der Waals surface area contributed by atoms with Crippen LogP contribution in [-0.4, -0.2) is 37.0 Å². The van der Waals surface area contributed by atoms with E-state index in [-0.39, 0.29) is 4.75 Å². The molecule has 1 aromatic heterocycles. The molecule has 1 unspecified atom stereocenters. The van der Waals surface area contributed by atoms with Gasteiger partial charge in [-0.05, 0) is 44.6 Å². The lowest BCUT2D eigenvalue weighted by atomic mass is 10.1. The number of hydrogen-bond acceptors (Lipinski definition) is 4. The predicted molar refractivity (Wildman–Crippen MR) is 88.1 cm³/mol. The van der Waals surface area contributed by atoms with Gasteiger partial charge in [0.1, 0.15) is 0 Å². The monoisotopic (exact) mass is 331 g/mol. The third kappa shape index (κ3) is 4.74. The SMILES string of the molecule is CCCNCc1cc(S(=O)(=O)NCC2(C)CCCS2)c[nH]1. The number of H-pyrrole nitrogens is 1. The Hall–Kier alpha value is -0.500. The Morgan fingerprint density at radius 2 is 2.29 bits per heavy atom. The van der Waals surface area contributed by atoms with Crippen LogP contribution in [-0.2, 0) is 16.6 Å². The molecular weight excluding hydrogens is 306 g/mol. The van der Waals surface area contributed by atoms with Gasteiger partial charge in [0.05, 0.1) is 4.90 Å². The molecule has 2 heterocycles. The van der Waals surface area contributed by atoms with Crippen LogP contribution in [0.25, 0.3) is 0 Å². The summed E-state index contributed by atoms with van der Waals surface area (Å²) in [5.41, 5.74) is 0.894. The molecule has 3 N–H and O–H groups in total. The Kier molecular flexibility index (Phi) is 5.76. The van der Waals surface area contributed by atoms with Crippen molar-refractivity contribution in [2.24, 2.45) is 0 Å². The van der Waals surface area contributed by atoms with E-state index in [1.165, 1.54) is 6.42 Å². The lowest BCUT2D eigenvalue weighted by Gasteiger charge is -2.22. The van der Waals surface area contributed by atoms with Gasteiger partial charge in [0.15, 0.2) is 0 Å². The van der Waals surface area contributed by atoms with Crippen molar-refractivity contribution in [3.05, 3.63) is 18.0 Å². The summed E-state index contributed by atoms with van der Waals surface area (Å²) < 4.78 is 27.4. The number of nitrogens with one attached hydrogen (secondary N) is 3. The Labute approximate surface area is 131 Å². The first kappa shape index (κ1) is 16.9. The minimum atomic E-state index is -3.42. The summed E-state index contributed by atoms with van der Waals surface area (Å²) in [7, 11) is -3.42. The van der Waals surface area contributed by atoms with Crippen LogP contribution in [0.15, 0.2) is 17.2 Å². The second-order valence-electron chi connectivity index (χ2n) is 5.76. The van der Waals surface area contributed by atoms with E-state index in [9.17, 15) is 8.42 Å². The summed E-state index contributed by atoms with van der Waals surface area (Å²) in [6, 6.07) is 1.70. The van der Waals surface area contributed by atoms with Gasteiger partial charge in [-0.3, -0.25) is 0 Å². The van der Waals surface area contributed by atoms with E-state index < -0.39 is 10.0 Å². The van der Waals surface area contributed by atoms with E-state index >= 15 is 0 Å². The highest BCUT2D eigenvalue weighted by Crippen LogP contribution is 2.37. The van der Waals surface area contributed by atoms with Gasteiger partial charge in [0.2, 0.25) is 10.0 Å². The molecule has 0 spiro atoms. The lowest BCUT2D eigenvalue weighted by Crippen LogP contribution is -2.36. The molecule has 120 valence electrons. The number of aromatic nitrogens is 1. The molecule has 1 aliphatic heterocycles. The topological polar surface area (TPSA) is 74.0 Å². The molecule has 21 heavy (non-hydrogen) atoms. The molecule has 1 fully saturated rings. The van der Waals surface area contributed by atoms with E-state index in [1.807, 2.05) is 11.8 Å². The molecule has 1 aliphatic rings. The number of aromatic amines is 1. The number of thioether (sulfide) groups is 1. The van der Waals surface area contributed by atoms with E-state index in [0.29, 0.717) is 18.0 Å². The number of rotatable bonds is 8. The van der Waals surface area contributed by atoms with Crippen molar-refractivity contribution in [1.29, 1.82) is 0 Å². The second kappa shape index (κ2) is 7.17. The summed E-state index contributed by atoms with van der Waals surface area (Å²) in [6.45, 7) is 6.31. The molecule has 0 amide bonds. The smallest absolute Gasteiger partial charge is 0.242 e. The summed E-state index contributed by atoms with van der Waals surface area (Å²) in [6.07, 6.45) is 4.86. The minimum absolute atomic E-state index is 0.0366. The zero-order valence-electron chi connectivity index (χ0n) is 12.7. The fraction of sp³-hybridized carbons (Fsp3) is 0.714. The van der Waals surface area contributed by atoms with Crippen molar-refractivity contribution in [2.75, 3.05) is 18.8 Å². The summed E-state index contributed by atoms with van der Waals surface area (Å²) in [4.78, 5) is 3.34. The first-order valence-corrected chi connectivity index (χ1v) is 9.94. The van der Waals surface area contributed by atoms with Gasteiger partial charge in [-0.2, -0.15) is 11.8 Å². The van der Waals surface area contributed by atoms with Crippen LogP contribution in [0.2, 0.25) is 0 Å². The zero-order valence-corrected chi connectivity index (χ0v) is 14.4. The molecular formula is C14H25N3O2S2. The standard InChI is InChI=1S/C14H25N3O2S2/c1-3-6-15-9-12-8-13(10-16-12)21(18,19)17-11-14(2)5-4-7-20-14/h8,10,15-17H,3-7,9,11H2,1-2H3. The molecule has 0 bridgehead atoms. The molecule has 5 nitrogen and oxygen atoms in total.